The molecule has 0 saturated carbocycles. The van der Waals surface area contributed by atoms with Gasteiger partial charge in [-0.1, -0.05) is 24.1 Å². The summed E-state index contributed by atoms with van der Waals surface area (Å²) < 4.78 is 40.3. The number of nitrogens with zero attached hydrogens (tertiary/aromatic N) is 2. The SMILES string of the molecule is CC#C/C=C(/c1cccc(F)c1)c1ccc2nc(N)n(S(=O)(=O)C(C)C)c2c1. The molecule has 0 amide bonds. The summed E-state index contributed by atoms with van der Waals surface area (Å²) in [6, 6.07) is 11.3. The van der Waals surface area contributed by atoms with Crippen molar-refractivity contribution >= 4 is 32.6 Å². The average Bonchev–Trinajstić information content (AvgIpc) is 2.97. The van der Waals surface area contributed by atoms with Gasteiger partial charge in [0.25, 0.3) is 0 Å². The zero-order valence-corrected chi connectivity index (χ0v) is 16.6. The van der Waals surface area contributed by atoms with Crippen molar-refractivity contribution in [3.63, 3.8) is 0 Å². The number of anilines is 1. The number of allylic oxidation sites excluding steroid dienone is 1. The van der Waals surface area contributed by atoms with E-state index < -0.39 is 15.3 Å². The van der Waals surface area contributed by atoms with E-state index in [2.05, 4.69) is 16.8 Å². The van der Waals surface area contributed by atoms with E-state index in [1.54, 1.807) is 57.2 Å². The maximum Gasteiger partial charge on any atom is 0.244 e. The molecule has 2 N–H and O–H groups in total. The standard InChI is InChI=1S/C21H20FN3O2S/c1-4-5-9-18(15-7-6-8-17(22)12-15)16-10-11-19-20(13-16)25(21(23)24-19)28(26,27)14(2)3/h6-14H,1-3H3,(H2,23,24)/b18-9-. The number of nitrogen functional groups attached to an aromatic ring is 1. The Morgan fingerprint density at radius 1 is 1.21 bits per heavy atom. The van der Waals surface area contributed by atoms with Crippen LogP contribution in [0.1, 0.15) is 31.9 Å². The van der Waals surface area contributed by atoms with Crippen LogP contribution in [0, 0.1) is 17.7 Å². The number of aromatic nitrogens is 2. The summed E-state index contributed by atoms with van der Waals surface area (Å²) in [5.74, 6) is 5.21. The third-order valence-corrected chi connectivity index (χ3v) is 6.38. The van der Waals surface area contributed by atoms with E-state index in [1.807, 2.05) is 0 Å². The Morgan fingerprint density at radius 3 is 2.57 bits per heavy atom. The molecule has 0 aliphatic rings. The van der Waals surface area contributed by atoms with Crippen LogP contribution in [-0.4, -0.2) is 22.6 Å². The van der Waals surface area contributed by atoms with Crippen molar-refractivity contribution in [2.24, 2.45) is 0 Å². The maximum absolute atomic E-state index is 13.8. The largest absolute Gasteiger partial charge is 0.368 e. The molecule has 0 saturated heterocycles. The van der Waals surface area contributed by atoms with Crippen molar-refractivity contribution in [1.29, 1.82) is 0 Å². The van der Waals surface area contributed by atoms with Crippen LogP contribution >= 0.6 is 0 Å². The third kappa shape index (κ3) is 3.51. The van der Waals surface area contributed by atoms with Gasteiger partial charge in [0.1, 0.15) is 5.82 Å². The smallest absolute Gasteiger partial charge is 0.244 e. The van der Waals surface area contributed by atoms with E-state index in [0.717, 1.165) is 3.97 Å². The predicted molar refractivity (Wildman–Crippen MR) is 111 cm³/mol. The van der Waals surface area contributed by atoms with Gasteiger partial charge in [0.15, 0.2) is 0 Å². The quantitative estimate of drug-likeness (QED) is 0.679. The van der Waals surface area contributed by atoms with Gasteiger partial charge in [-0.05, 0) is 67.8 Å². The predicted octanol–water partition coefficient (Wildman–Crippen LogP) is 3.80. The van der Waals surface area contributed by atoms with Crippen LogP contribution in [-0.2, 0) is 10.0 Å². The molecule has 0 spiro atoms. The maximum atomic E-state index is 13.8. The minimum Gasteiger partial charge on any atom is -0.368 e. The Kier molecular flexibility index (Phi) is 5.25. The van der Waals surface area contributed by atoms with Crippen LogP contribution in [0.3, 0.4) is 0 Å². The molecule has 28 heavy (non-hydrogen) atoms. The first-order valence-corrected chi connectivity index (χ1v) is 10.2. The molecule has 3 rings (SSSR count). The van der Waals surface area contributed by atoms with Crippen LogP contribution in [0.25, 0.3) is 16.6 Å². The molecule has 0 radical (unpaired) electrons. The summed E-state index contributed by atoms with van der Waals surface area (Å²) in [6.07, 6.45) is 1.68. The molecule has 0 aliphatic heterocycles. The summed E-state index contributed by atoms with van der Waals surface area (Å²) in [6.45, 7) is 4.87. The molecule has 5 nitrogen and oxygen atoms in total. The van der Waals surface area contributed by atoms with Crippen molar-refractivity contribution in [3.05, 3.63) is 65.5 Å². The van der Waals surface area contributed by atoms with Gasteiger partial charge in [0.05, 0.1) is 16.3 Å². The Hall–Kier alpha value is -3.11. The molecular formula is C21H20FN3O2S. The lowest BCUT2D eigenvalue weighted by atomic mass is 9.97. The Labute approximate surface area is 163 Å². The zero-order valence-electron chi connectivity index (χ0n) is 15.8. The Balaban J connectivity index is 2.28. The summed E-state index contributed by atoms with van der Waals surface area (Å²) in [7, 11) is -3.70. The van der Waals surface area contributed by atoms with Gasteiger partial charge in [0, 0.05) is 0 Å². The van der Waals surface area contributed by atoms with Gasteiger partial charge in [-0.25, -0.2) is 21.8 Å². The van der Waals surface area contributed by atoms with Crippen LogP contribution in [0.15, 0.2) is 48.5 Å². The van der Waals surface area contributed by atoms with E-state index >= 15 is 0 Å². The minimum atomic E-state index is -3.70. The van der Waals surface area contributed by atoms with Crippen molar-refractivity contribution in [1.82, 2.24) is 8.96 Å². The highest BCUT2D eigenvalue weighted by molar-refractivity contribution is 7.90. The lowest BCUT2D eigenvalue weighted by Gasteiger charge is -2.12. The fraction of sp³-hybridized carbons (Fsp3) is 0.190. The third-order valence-electron chi connectivity index (χ3n) is 4.29. The minimum absolute atomic E-state index is 0.0921. The second kappa shape index (κ2) is 7.49. The molecule has 2 aromatic carbocycles. The molecule has 1 heterocycles. The van der Waals surface area contributed by atoms with Gasteiger partial charge in [-0.3, -0.25) is 0 Å². The van der Waals surface area contributed by atoms with Gasteiger partial charge < -0.3 is 5.73 Å². The highest BCUT2D eigenvalue weighted by atomic mass is 32.2. The number of hydrogen-bond acceptors (Lipinski definition) is 4. The first-order valence-electron chi connectivity index (χ1n) is 8.67. The van der Waals surface area contributed by atoms with E-state index in [1.165, 1.54) is 12.1 Å². The van der Waals surface area contributed by atoms with Crippen LogP contribution in [0.5, 0.6) is 0 Å². The van der Waals surface area contributed by atoms with Gasteiger partial charge in [0.2, 0.25) is 16.0 Å². The number of nitrogens with two attached hydrogens (primary N) is 1. The fourth-order valence-corrected chi connectivity index (χ4v) is 4.00. The average molecular weight is 397 g/mol. The van der Waals surface area contributed by atoms with E-state index in [0.29, 0.717) is 27.7 Å². The fourth-order valence-electron chi connectivity index (χ4n) is 2.85. The topological polar surface area (TPSA) is 78.0 Å². The second-order valence-corrected chi connectivity index (χ2v) is 8.83. The van der Waals surface area contributed by atoms with E-state index in [-0.39, 0.29) is 11.8 Å². The van der Waals surface area contributed by atoms with Crippen molar-refractivity contribution in [2.45, 2.75) is 26.0 Å². The number of hydrogen-bond donors (Lipinski definition) is 1. The molecule has 7 heteroatoms. The Bertz CT molecular complexity index is 1250. The summed E-state index contributed by atoms with van der Waals surface area (Å²) in [5.41, 5.74) is 8.72. The van der Waals surface area contributed by atoms with Crippen LogP contribution < -0.4 is 5.73 Å². The summed E-state index contributed by atoms with van der Waals surface area (Å²) in [4.78, 5) is 4.17. The molecule has 0 fully saturated rings. The van der Waals surface area contributed by atoms with Crippen molar-refractivity contribution < 1.29 is 12.8 Å². The molecule has 3 aromatic rings. The molecule has 0 unspecified atom stereocenters. The van der Waals surface area contributed by atoms with Crippen LogP contribution in [0.2, 0.25) is 0 Å². The normalized spacial score (nSPS) is 12.2. The van der Waals surface area contributed by atoms with Gasteiger partial charge in [-0.15, -0.1) is 5.92 Å². The number of rotatable bonds is 4. The number of imidazole rings is 1. The lowest BCUT2D eigenvalue weighted by molar-refractivity contribution is 0.580. The summed E-state index contributed by atoms with van der Waals surface area (Å²) >= 11 is 0. The zero-order chi connectivity index (χ0) is 20.5. The van der Waals surface area contributed by atoms with E-state index in [4.69, 9.17) is 5.73 Å². The van der Waals surface area contributed by atoms with Gasteiger partial charge >= 0.3 is 0 Å². The molecule has 144 valence electrons. The van der Waals surface area contributed by atoms with E-state index in [9.17, 15) is 12.8 Å². The Morgan fingerprint density at radius 2 is 1.93 bits per heavy atom. The molecule has 1 aromatic heterocycles. The first kappa shape index (κ1) is 19.6. The molecule has 0 aliphatic carbocycles. The second-order valence-electron chi connectivity index (χ2n) is 6.49. The first-order chi connectivity index (χ1) is 13.3. The number of benzene rings is 2. The molecule has 0 atom stereocenters. The highest BCUT2D eigenvalue weighted by Crippen LogP contribution is 2.29. The summed E-state index contributed by atoms with van der Waals surface area (Å²) in [5, 5.41) is -0.667. The highest BCUT2D eigenvalue weighted by Gasteiger charge is 2.24. The molecule has 0 bridgehead atoms. The van der Waals surface area contributed by atoms with Gasteiger partial charge in [-0.2, -0.15) is 0 Å². The molecular weight excluding hydrogens is 377 g/mol. The monoisotopic (exact) mass is 397 g/mol. The van der Waals surface area contributed by atoms with Crippen LogP contribution in [0.4, 0.5) is 10.3 Å². The lowest BCUT2D eigenvalue weighted by Crippen LogP contribution is -2.23. The van der Waals surface area contributed by atoms with Crippen molar-refractivity contribution in [2.75, 3.05) is 5.73 Å². The number of fused-ring (bicyclic) bond motifs is 1. The number of halogens is 1. The van der Waals surface area contributed by atoms with Crippen molar-refractivity contribution in [3.8, 4) is 11.8 Å².